The van der Waals surface area contributed by atoms with E-state index in [1.807, 2.05) is 6.26 Å². The van der Waals surface area contributed by atoms with E-state index in [9.17, 15) is 9.59 Å². The number of carbonyl (C=O) groups is 1. The van der Waals surface area contributed by atoms with Crippen molar-refractivity contribution >= 4 is 28.5 Å². The van der Waals surface area contributed by atoms with Crippen LogP contribution in [0.4, 0.5) is 0 Å². The molecule has 1 aromatic carbocycles. The first kappa shape index (κ1) is 15.8. The summed E-state index contributed by atoms with van der Waals surface area (Å²) in [7, 11) is 0. The summed E-state index contributed by atoms with van der Waals surface area (Å²) in [6, 6.07) is 6.28. The van der Waals surface area contributed by atoms with Gasteiger partial charge >= 0.3 is 5.63 Å². The smallest absolute Gasteiger partial charge is 0.341 e. The molecule has 5 nitrogen and oxygen atoms in total. The van der Waals surface area contributed by atoms with Crippen molar-refractivity contribution in [2.75, 3.05) is 12.0 Å². The second-order valence-corrected chi connectivity index (χ2v) is 5.68. The number of carbonyl (C=O) groups excluding carboxylic acids is 1. The quantitative estimate of drug-likeness (QED) is 0.620. The van der Waals surface area contributed by atoms with Crippen LogP contribution in [0.2, 0.25) is 0 Å². The molecule has 2 rings (SSSR count). The molecule has 21 heavy (non-hydrogen) atoms. The zero-order chi connectivity index (χ0) is 15.4. The Balaban J connectivity index is 2.60. The number of hydrogen-bond donors (Lipinski definition) is 2. The third kappa shape index (κ3) is 3.18. The molecule has 0 aliphatic carbocycles. The lowest BCUT2D eigenvalue weighted by molar-refractivity contribution is 0.0960. The Bertz CT molecular complexity index is 712. The second-order valence-electron chi connectivity index (χ2n) is 4.70. The predicted molar refractivity (Wildman–Crippen MR) is 85.7 cm³/mol. The van der Waals surface area contributed by atoms with Gasteiger partial charge in [-0.1, -0.05) is 18.2 Å². The van der Waals surface area contributed by atoms with Crippen molar-refractivity contribution in [2.45, 2.75) is 19.0 Å². The Labute approximate surface area is 126 Å². The highest BCUT2D eigenvalue weighted by molar-refractivity contribution is 7.98. The fraction of sp³-hybridized carbons (Fsp3) is 0.333. The highest BCUT2D eigenvalue weighted by Crippen LogP contribution is 2.22. The van der Waals surface area contributed by atoms with Crippen LogP contribution in [0.3, 0.4) is 0 Å². The molecule has 112 valence electrons. The van der Waals surface area contributed by atoms with E-state index in [0.29, 0.717) is 23.0 Å². The molecule has 1 atom stereocenters. The van der Waals surface area contributed by atoms with E-state index in [1.165, 1.54) is 0 Å². The number of Topliss-reactive ketones (excluding diaryl/α,β-unsaturated/α-hetero) is 1. The normalized spacial score (nSPS) is 12.5. The Morgan fingerprint density at radius 1 is 1.38 bits per heavy atom. The van der Waals surface area contributed by atoms with Gasteiger partial charge in [-0.2, -0.15) is 11.8 Å². The van der Waals surface area contributed by atoms with Crippen molar-refractivity contribution in [1.82, 2.24) is 0 Å². The third-order valence-electron chi connectivity index (χ3n) is 3.33. The summed E-state index contributed by atoms with van der Waals surface area (Å²) in [5.41, 5.74) is 11.9. The van der Waals surface area contributed by atoms with E-state index in [-0.39, 0.29) is 17.9 Å². The molecule has 0 bridgehead atoms. The largest absolute Gasteiger partial charge is 0.422 e. The van der Waals surface area contributed by atoms with E-state index in [4.69, 9.17) is 15.9 Å². The Kier molecular flexibility index (Phi) is 5.17. The average Bonchev–Trinajstić information content (AvgIpc) is 2.50. The maximum Gasteiger partial charge on any atom is 0.341 e. The van der Waals surface area contributed by atoms with E-state index < -0.39 is 11.7 Å². The topological polar surface area (TPSA) is 99.3 Å². The summed E-state index contributed by atoms with van der Waals surface area (Å²) >= 11 is 1.62. The zero-order valence-corrected chi connectivity index (χ0v) is 12.6. The summed E-state index contributed by atoms with van der Waals surface area (Å²) in [4.78, 5) is 24.6. The number of rotatable bonds is 6. The van der Waals surface area contributed by atoms with Crippen molar-refractivity contribution in [3.05, 3.63) is 45.8 Å². The minimum atomic E-state index is -0.645. The van der Waals surface area contributed by atoms with Gasteiger partial charge in [0.2, 0.25) is 0 Å². The van der Waals surface area contributed by atoms with Gasteiger partial charge in [0, 0.05) is 17.5 Å². The predicted octanol–water partition coefficient (Wildman–Crippen LogP) is 1.51. The highest BCUT2D eigenvalue weighted by Gasteiger charge is 2.23. The maximum atomic E-state index is 12.6. The molecular weight excluding hydrogens is 288 g/mol. The second kappa shape index (κ2) is 6.89. The number of hydrogen-bond acceptors (Lipinski definition) is 6. The van der Waals surface area contributed by atoms with Gasteiger partial charge in [-0.05, 0) is 24.5 Å². The first-order valence-corrected chi connectivity index (χ1v) is 8.03. The van der Waals surface area contributed by atoms with Crippen LogP contribution in [-0.4, -0.2) is 23.8 Å². The van der Waals surface area contributed by atoms with E-state index in [2.05, 4.69) is 0 Å². The third-order valence-corrected chi connectivity index (χ3v) is 3.97. The molecule has 0 saturated carbocycles. The molecule has 6 heteroatoms. The first-order valence-electron chi connectivity index (χ1n) is 6.63. The van der Waals surface area contributed by atoms with Gasteiger partial charge in [0.05, 0.1) is 11.6 Å². The lowest BCUT2D eigenvalue weighted by Gasteiger charge is -2.14. The number of benzene rings is 1. The Morgan fingerprint density at radius 3 is 2.76 bits per heavy atom. The minimum Gasteiger partial charge on any atom is -0.422 e. The monoisotopic (exact) mass is 306 g/mol. The number of fused-ring (bicyclic) bond motifs is 1. The molecule has 0 unspecified atom stereocenters. The molecule has 4 N–H and O–H groups in total. The van der Waals surface area contributed by atoms with Crippen molar-refractivity contribution < 1.29 is 9.21 Å². The maximum absolute atomic E-state index is 12.6. The van der Waals surface area contributed by atoms with Gasteiger partial charge in [0.1, 0.15) is 5.58 Å². The Morgan fingerprint density at radius 2 is 2.10 bits per heavy atom. The van der Waals surface area contributed by atoms with Crippen LogP contribution in [0.25, 0.3) is 11.0 Å². The molecule has 0 spiro atoms. The SMILES string of the molecule is CSCC[C@H](N)C(=O)c1c(CN)c(=O)oc2ccccc12. The molecule has 0 amide bonds. The molecule has 0 aliphatic heterocycles. The summed E-state index contributed by atoms with van der Waals surface area (Å²) < 4.78 is 5.20. The number of thioether (sulfide) groups is 1. The standard InChI is InChI=1S/C15H18N2O3S/c1-21-7-6-11(17)14(18)13-9-4-2-3-5-12(9)20-15(19)10(13)8-16/h2-5,11H,6-8,16-17H2,1H3/t11-/m0/s1. The van der Waals surface area contributed by atoms with Gasteiger partial charge in [0.15, 0.2) is 5.78 Å². The number of ketones is 1. The summed E-state index contributed by atoms with van der Waals surface area (Å²) in [6.45, 7) is -0.0521. The molecule has 0 fully saturated rings. The number of nitrogens with two attached hydrogens (primary N) is 2. The minimum absolute atomic E-state index is 0.0521. The van der Waals surface area contributed by atoms with Gasteiger partial charge in [-0.15, -0.1) is 0 Å². The molecule has 0 radical (unpaired) electrons. The van der Waals surface area contributed by atoms with E-state index in [0.717, 1.165) is 5.75 Å². The van der Waals surface area contributed by atoms with Crippen LogP contribution in [0.15, 0.2) is 33.5 Å². The van der Waals surface area contributed by atoms with Crippen LogP contribution in [0.1, 0.15) is 22.3 Å². The lowest BCUT2D eigenvalue weighted by atomic mass is 9.95. The fourth-order valence-electron chi connectivity index (χ4n) is 2.22. The lowest BCUT2D eigenvalue weighted by Crippen LogP contribution is -2.33. The fourth-order valence-corrected chi connectivity index (χ4v) is 2.71. The van der Waals surface area contributed by atoms with Crippen LogP contribution < -0.4 is 17.1 Å². The average molecular weight is 306 g/mol. The van der Waals surface area contributed by atoms with E-state index in [1.54, 1.807) is 36.0 Å². The summed E-state index contributed by atoms with van der Waals surface area (Å²) in [6.07, 6.45) is 2.51. The van der Waals surface area contributed by atoms with Gasteiger partial charge in [-0.25, -0.2) is 4.79 Å². The van der Waals surface area contributed by atoms with Gasteiger partial charge in [0.25, 0.3) is 0 Å². The summed E-state index contributed by atoms with van der Waals surface area (Å²) in [5, 5.41) is 0.585. The van der Waals surface area contributed by atoms with Crippen molar-refractivity contribution in [1.29, 1.82) is 0 Å². The van der Waals surface area contributed by atoms with Crippen LogP contribution in [0, 0.1) is 0 Å². The van der Waals surface area contributed by atoms with Crippen molar-refractivity contribution in [3.8, 4) is 0 Å². The van der Waals surface area contributed by atoms with E-state index >= 15 is 0 Å². The highest BCUT2D eigenvalue weighted by atomic mass is 32.2. The Hall–Kier alpha value is -1.63. The van der Waals surface area contributed by atoms with Crippen LogP contribution >= 0.6 is 11.8 Å². The first-order chi connectivity index (χ1) is 10.1. The van der Waals surface area contributed by atoms with Crippen molar-refractivity contribution in [3.63, 3.8) is 0 Å². The van der Waals surface area contributed by atoms with Gasteiger partial charge < -0.3 is 15.9 Å². The summed E-state index contributed by atoms with van der Waals surface area (Å²) in [5.74, 6) is 0.526. The van der Waals surface area contributed by atoms with Crippen LogP contribution in [0.5, 0.6) is 0 Å². The molecule has 2 aromatic rings. The van der Waals surface area contributed by atoms with Crippen molar-refractivity contribution in [2.24, 2.45) is 11.5 Å². The molecule has 1 heterocycles. The zero-order valence-electron chi connectivity index (χ0n) is 11.8. The number of para-hydroxylation sites is 1. The molecule has 1 aromatic heterocycles. The molecule has 0 saturated heterocycles. The molecule has 0 aliphatic rings. The van der Waals surface area contributed by atoms with Gasteiger partial charge in [-0.3, -0.25) is 4.79 Å². The van der Waals surface area contributed by atoms with Crippen LogP contribution in [-0.2, 0) is 6.54 Å². The molecular formula is C15H18N2O3S.